The zero-order valence-corrected chi connectivity index (χ0v) is 19.9. The summed E-state index contributed by atoms with van der Waals surface area (Å²) in [5.41, 5.74) is 0.788. The van der Waals surface area contributed by atoms with E-state index in [9.17, 15) is 13.2 Å². The highest BCUT2D eigenvalue weighted by Crippen LogP contribution is 2.46. The van der Waals surface area contributed by atoms with Crippen LogP contribution >= 0.6 is 11.6 Å². The first-order valence-corrected chi connectivity index (χ1v) is 13.3. The molecule has 1 N–H and O–H groups in total. The van der Waals surface area contributed by atoms with Crippen LogP contribution in [0.3, 0.4) is 0 Å². The van der Waals surface area contributed by atoms with E-state index in [1.165, 1.54) is 0 Å². The van der Waals surface area contributed by atoms with Gasteiger partial charge >= 0.3 is 0 Å². The minimum Gasteiger partial charge on any atom is -0.378 e. The molecule has 3 aliphatic rings. The van der Waals surface area contributed by atoms with Crippen LogP contribution in [0.2, 0.25) is 5.02 Å². The third kappa shape index (κ3) is 4.30. The van der Waals surface area contributed by atoms with Gasteiger partial charge < -0.3 is 14.2 Å². The van der Waals surface area contributed by atoms with Gasteiger partial charge in [-0.15, -0.1) is 0 Å². The molecule has 3 fully saturated rings. The lowest BCUT2D eigenvalue weighted by molar-refractivity contribution is -0.141. The number of nitrogens with zero attached hydrogens (tertiary/aromatic N) is 2. The first-order chi connectivity index (χ1) is 15.3. The van der Waals surface area contributed by atoms with Gasteiger partial charge in [-0.25, -0.2) is 13.1 Å². The van der Waals surface area contributed by atoms with E-state index in [1.807, 2.05) is 16.5 Å². The van der Waals surface area contributed by atoms with Crippen molar-refractivity contribution in [3.63, 3.8) is 0 Å². The van der Waals surface area contributed by atoms with Gasteiger partial charge in [0.2, 0.25) is 15.9 Å². The lowest BCUT2D eigenvalue weighted by Gasteiger charge is -2.38. The lowest BCUT2D eigenvalue weighted by Crippen LogP contribution is -2.49. The van der Waals surface area contributed by atoms with E-state index >= 15 is 0 Å². The van der Waals surface area contributed by atoms with Crippen molar-refractivity contribution < 1.29 is 17.9 Å². The van der Waals surface area contributed by atoms with Crippen molar-refractivity contribution in [2.24, 2.45) is 24.8 Å². The average Bonchev–Trinajstić information content (AvgIpc) is 3.60. The molecule has 3 atom stereocenters. The van der Waals surface area contributed by atoms with Crippen LogP contribution in [-0.4, -0.2) is 56.1 Å². The number of amides is 1. The third-order valence-corrected chi connectivity index (χ3v) is 9.12. The normalized spacial score (nSPS) is 27.1. The topological polar surface area (TPSA) is 80.6 Å². The van der Waals surface area contributed by atoms with Crippen molar-refractivity contribution in [1.29, 1.82) is 0 Å². The van der Waals surface area contributed by atoms with Crippen LogP contribution in [0.25, 0.3) is 10.9 Å². The van der Waals surface area contributed by atoms with Crippen molar-refractivity contribution in [2.75, 3.05) is 26.3 Å². The predicted octanol–water partition coefficient (Wildman–Crippen LogP) is 3.16. The Balaban J connectivity index is 1.32. The van der Waals surface area contributed by atoms with Crippen molar-refractivity contribution in [1.82, 2.24) is 14.2 Å². The average molecular weight is 480 g/mol. The van der Waals surface area contributed by atoms with Gasteiger partial charge in [0.1, 0.15) is 0 Å². The van der Waals surface area contributed by atoms with Crippen LogP contribution in [0, 0.1) is 17.8 Å². The molecule has 1 saturated heterocycles. The molecule has 1 amide bonds. The molecule has 2 aliphatic carbocycles. The molecule has 5 rings (SSSR count). The molecule has 0 spiro atoms. The fourth-order valence-corrected chi connectivity index (χ4v) is 7.06. The van der Waals surface area contributed by atoms with Crippen molar-refractivity contribution >= 4 is 38.4 Å². The van der Waals surface area contributed by atoms with E-state index in [0.717, 1.165) is 36.6 Å². The second-order valence-electron chi connectivity index (χ2n) is 9.44. The Morgan fingerprint density at radius 3 is 2.62 bits per heavy atom. The summed E-state index contributed by atoms with van der Waals surface area (Å²) in [7, 11) is -1.82. The Bertz CT molecular complexity index is 1120. The summed E-state index contributed by atoms with van der Waals surface area (Å²) in [5, 5.41) is 1.45. The minimum absolute atomic E-state index is 0.0127. The highest BCUT2D eigenvalue weighted by atomic mass is 35.5. The van der Waals surface area contributed by atoms with E-state index in [1.54, 1.807) is 24.4 Å². The van der Waals surface area contributed by atoms with Gasteiger partial charge in [-0.1, -0.05) is 11.6 Å². The Morgan fingerprint density at radius 2 is 1.91 bits per heavy atom. The number of aryl methyl sites for hydroxylation is 1. The molecule has 0 bridgehead atoms. The van der Waals surface area contributed by atoms with Crippen LogP contribution in [0.1, 0.15) is 32.1 Å². The number of halogens is 1. The standard InChI is InChI=1S/C23H30ClN3O4S/c1-26-14-20(24)18-6-5-17(13-22(18)26)32(29,30)25-21-7-4-16(12-19(21)15-2-3-15)23(28)27-8-10-31-11-9-27/h5-6,13-16,19,21,25H,2-4,7-12H2,1H3/t16-,19?,21-/m1/s1. The summed E-state index contributed by atoms with van der Waals surface area (Å²) in [5.74, 6) is 0.923. The van der Waals surface area contributed by atoms with E-state index < -0.39 is 10.0 Å². The molecule has 174 valence electrons. The van der Waals surface area contributed by atoms with Crippen LogP contribution in [0.4, 0.5) is 0 Å². The van der Waals surface area contributed by atoms with E-state index in [4.69, 9.17) is 16.3 Å². The molecule has 0 radical (unpaired) electrons. The number of carbonyl (C=O) groups excluding carboxylic acids is 1. The zero-order valence-electron chi connectivity index (χ0n) is 18.3. The van der Waals surface area contributed by atoms with E-state index in [0.29, 0.717) is 43.7 Å². The maximum absolute atomic E-state index is 13.3. The molecule has 7 nitrogen and oxygen atoms in total. The van der Waals surface area contributed by atoms with Crippen molar-refractivity contribution in [3.05, 3.63) is 29.4 Å². The molecular weight excluding hydrogens is 450 g/mol. The maximum atomic E-state index is 13.3. The van der Waals surface area contributed by atoms with Gasteiger partial charge in [0, 0.05) is 43.7 Å². The number of morpholine rings is 1. The number of carbonyl (C=O) groups is 1. The predicted molar refractivity (Wildman–Crippen MR) is 123 cm³/mol. The van der Waals surface area contributed by atoms with Crippen molar-refractivity contribution in [2.45, 2.75) is 43.0 Å². The number of benzene rings is 1. The van der Waals surface area contributed by atoms with Gasteiger partial charge in [-0.2, -0.15) is 0 Å². The third-order valence-electron chi connectivity index (χ3n) is 7.33. The highest BCUT2D eigenvalue weighted by Gasteiger charge is 2.44. The van der Waals surface area contributed by atoms with Gasteiger partial charge in [0.25, 0.3) is 0 Å². The first kappa shape index (κ1) is 22.2. The minimum atomic E-state index is -3.67. The molecule has 1 aromatic heterocycles. The Labute approximate surface area is 194 Å². The lowest BCUT2D eigenvalue weighted by atomic mass is 9.75. The van der Waals surface area contributed by atoms with Gasteiger partial charge in [0.15, 0.2) is 0 Å². The molecule has 1 aromatic carbocycles. The number of hydrogen-bond donors (Lipinski definition) is 1. The number of nitrogens with one attached hydrogen (secondary N) is 1. The van der Waals surface area contributed by atoms with Gasteiger partial charge in [0.05, 0.1) is 28.6 Å². The molecule has 2 aromatic rings. The van der Waals surface area contributed by atoms with Crippen molar-refractivity contribution in [3.8, 4) is 0 Å². The first-order valence-electron chi connectivity index (χ1n) is 11.5. The quantitative estimate of drug-likeness (QED) is 0.714. The second-order valence-corrected chi connectivity index (χ2v) is 11.6. The molecule has 2 saturated carbocycles. The Morgan fingerprint density at radius 1 is 1.16 bits per heavy atom. The molecular formula is C23H30ClN3O4S. The maximum Gasteiger partial charge on any atom is 0.240 e. The molecule has 1 unspecified atom stereocenters. The summed E-state index contributed by atoms with van der Waals surface area (Å²) in [6, 6.07) is 4.94. The van der Waals surface area contributed by atoms with Gasteiger partial charge in [-0.3, -0.25) is 4.79 Å². The number of hydrogen-bond acceptors (Lipinski definition) is 4. The number of rotatable bonds is 5. The summed E-state index contributed by atoms with van der Waals surface area (Å²) < 4.78 is 36.8. The molecule has 2 heterocycles. The zero-order chi connectivity index (χ0) is 22.5. The Kier molecular flexibility index (Phi) is 5.99. The number of aromatic nitrogens is 1. The van der Waals surface area contributed by atoms with Gasteiger partial charge in [-0.05, 0) is 62.1 Å². The molecule has 32 heavy (non-hydrogen) atoms. The monoisotopic (exact) mass is 479 g/mol. The van der Waals surface area contributed by atoms with Crippen LogP contribution in [0.15, 0.2) is 29.3 Å². The second kappa shape index (κ2) is 8.63. The summed E-state index contributed by atoms with van der Waals surface area (Å²) in [6.45, 7) is 2.52. The fourth-order valence-electron chi connectivity index (χ4n) is 5.41. The van der Waals surface area contributed by atoms with E-state index in [2.05, 4.69) is 4.72 Å². The Hall–Kier alpha value is -1.61. The van der Waals surface area contributed by atoms with Crippen LogP contribution in [-0.2, 0) is 26.6 Å². The van der Waals surface area contributed by atoms with Crippen LogP contribution < -0.4 is 4.72 Å². The summed E-state index contributed by atoms with van der Waals surface area (Å²) in [6.07, 6.45) is 6.20. The smallest absolute Gasteiger partial charge is 0.240 e. The van der Waals surface area contributed by atoms with Crippen LogP contribution in [0.5, 0.6) is 0 Å². The summed E-state index contributed by atoms with van der Waals surface area (Å²) in [4.78, 5) is 15.2. The number of ether oxygens (including phenoxy) is 1. The molecule has 9 heteroatoms. The summed E-state index contributed by atoms with van der Waals surface area (Å²) >= 11 is 6.23. The fraction of sp³-hybridized carbons (Fsp3) is 0.609. The molecule has 1 aliphatic heterocycles. The number of sulfonamides is 1. The van der Waals surface area contributed by atoms with E-state index in [-0.39, 0.29) is 28.7 Å². The highest BCUT2D eigenvalue weighted by molar-refractivity contribution is 7.89. The number of fused-ring (bicyclic) bond motifs is 1. The largest absolute Gasteiger partial charge is 0.378 e. The SMILES string of the molecule is Cn1cc(Cl)c2ccc(S(=O)(=O)N[C@@H]3CC[C@@H](C(=O)N4CCOCC4)CC3C3CC3)cc21.